The molecule has 1 aliphatic rings. The summed E-state index contributed by atoms with van der Waals surface area (Å²) in [7, 11) is 0. The van der Waals surface area contributed by atoms with Gasteiger partial charge < -0.3 is 19.1 Å². The Balaban J connectivity index is 1.78. The van der Waals surface area contributed by atoms with Gasteiger partial charge in [0.15, 0.2) is 6.10 Å². The second kappa shape index (κ2) is 12.6. The molecule has 3 aromatic rings. The van der Waals surface area contributed by atoms with E-state index < -0.39 is 17.7 Å². The lowest BCUT2D eigenvalue weighted by Crippen LogP contribution is -2.39. The SMILES string of the molecule is Cc1ncc(-c2ccc(COc3ccccc3)cn2)c(N2CCC(C)(C)CC2)c1[C@H](OC(C)(C)C)C(=O)OC(C)C. The van der Waals surface area contributed by atoms with Crippen LogP contribution in [0.3, 0.4) is 0 Å². The average Bonchev–Trinajstić information content (AvgIpc) is 2.91. The Labute approximate surface area is 245 Å². The molecule has 1 atom stereocenters. The Morgan fingerprint density at radius 1 is 1.00 bits per heavy atom. The lowest BCUT2D eigenvalue weighted by atomic mass is 9.82. The van der Waals surface area contributed by atoms with Crippen molar-refractivity contribution in [2.24, 2.45) is 5.41 Å². The zero-order chi connectivity index (χ0) is 29.8. The van der Waals surface area contributed by atoms with E-state index in [-0.39, 0.29) is 11.5 Å². The number of para-hydroxylation sites is 1. The van der Waals surface area contributed by atoms with E-state index in [0.717, 1.165) is 65.4 Å². The van der Waals surface area contributed by atoms with Crippen LogP contribution in [0.2, 0.25) is 0 Å². The summed E-state index contributed by atoms with van der Waals surface area (Å²) < 4.78 is 18.1. The molecule has 0 amide bonds. The van der Waals surface area contributed by atoms with Crippen molar-refractivity contribution in [1.29, 1.82) is 0 Å². The first-order valence-corrected chi connectivity index (χ1v) is 14.6. The maximum Gasteiger partial charge on any atom is 0.340 e. The number of benzene rings is 1. The number of aromatic nitrogens is 2. The van der Waals surface area contributed by atoms with Crippen LogP contribution in [0.5, 0.6) is 5.75 Å². The maximum atomic E-state index is 13.6. The Kier molecular flexibility index (Phi) is 9.37. The number of hydrogen-bond acceptors (Lipinski definition) is 7. The average molecular weight is 560 g/mol. The van der Waals surface area contributed by atoms with Gasteiger partial charge >= 0.3 is 5.97 Å². The predicted octanol–water partition coefficient (Wildman–Crippen LogP) is 7.47. The summed E-state index contributed by atoms with van der Waals surface area (Å²) in [5.74, 6) is 0.411. The summed E-state index contributed by atoms with van der Waals surface area (Å²) in [5, 5.41) is 0. The number of aryl methyl sites for hydroxylation is 1. The zero-order valence-electron chi connectivity index (χ0n) is 25.9. The van der Waals surface area contributed by atoms with E-state index in [4.69, 9.17) is 24.2 Å². The van der Waals surface area contributed by atoms with Crippen LogP contribution < -0.4 is 9.64 Å². The van der Waals surface area contributed by atoms with Gasteiger partial charge in [-0.1, -0.05) is 38.1 Å². The van der Waals surface area contributed by atoms with E-state index >= 15 is 0 Å². The molecule has 1 aromatic carbocycles. The van der Waals surface area contributed by atoms with Gasteiger partial charge in [0.1, 0.15) is 12.4 Å². The van der Waals surface area contributed by atoms with Gasteiger partial charge in [-0.2, -0.15) is 0 Å². The molecule has 7 nitrogen and oxygen atoms in total. The van der Waals surface area contributed by atoms with Gasteiger partial charge in [0.2, 0.25) is 0 Å². The molecule has 0 spiro atoms. The number of rotatable bonds is 9. The third-order valence-corrected chi connectivity index (χ3v) is 7.27. The lowest BCUT2D eigenvalue weighted by molar-refractivity contribution is -0.171. The number of ether oxygens (including phenoxy) is 3. The first-order chi connectivity index (χ1) is 19.3. The fourth-order valence-corrected chi connectivity index (χ4v) is 5.01. The highest BCUT2D eigenvalue weighted by molar-refractivity contribution is 5.86. The molecule has 1 fully saturated rings. The van der Waals surface area contributed by atoms with E-state index in [1.807, 2.05) is 96.4 Å². The first-order valence-electron chi connectivity index (χ1n) is 14.6. The predicted molar refractivity (Wildman–Crippen MR) is 163 cm³/mol. The summed E-state index contributed by atoms with van der Waals surface area (Å²) in [4.78, 5) is 25.6. The molecule has 0 bridgehead atoms. The third kappa shape index (κ3) is 8.07. The van der Waals surface area contributed by atoms with Crippen LogP contribution in [-0.4, -0.2) is 40.7 Å². The number of anilines is 1. The van der Waals surface area contributed by atoms with Gasteiger partial charge in [-0.05, 0) is 78.0 Å². The Bertz CT molecular complexity index is 1300. The van der Waals surface area contributed by atoms with Crippen molar-refractivity contribution in [2.45, 2.75) is 92.6 Å². The van der Waals surface area contributed by atoms with Gasteiger partial charge in [-0.15, -0.1) is 0 Å². The summed E-state index contributed by atoms with van der Waals surface area (Å²) in [6, 6.07) is 13.8. The minimum Gasteiger partial charge on any atom is -0.489 e. The molecule has 0 saturated carbocycles. The maximum absolute atomic E-state index is 13.6. The topological polar surface area (TPSA) is 73.8 Å². The molecule has 4 rings (SSSR count). The van der Waals surface area contributed by atoms with E-state index in [1.54, 1.807) is 0 Å². The molecular weight excluding hydrogens is 514 g/mol. The minimum atomic E-state index is -0.923. The quantitative estimate of drug-likeness (QED) is 0.252. The van der Waals surface area contributed by atoms with Gasteiger partial charge in [-0.3, -0.25) is 9.97 Å². The van der Waals surface area contributed by atoms with Crippen molar-refractivity contribution in [3.05, 3.63) is 71.7 Å². The molecule has 1 aliphatic heterocycles. The highest BCUT2D eigenvalue weighted by Crippen LogP contribution is 2.43. The number of piperidine rings is 1. The van der Waals surface area contributed by atoms with E-state index in [1.165, 1.54) is 0 Å². The smallest absolute Gasteiger partial charge is 0.340 e. The van der Waals surface area contributed by atoms with Crippen molar-refractivity contribution >= 4 is 11.7 Å². The third-order valence-electron chi connectivity index (χ3n) is 7.27. The number of carbonyl (C=O) groups excluding carboxylic acids is 1. The number of esters is 1. The van der Waals surface area contributed by atoms with Crippen LogP contribution >= 0.6 is 0 Å². The molecule has 41 heavy (non-hydrogen) atoms. The number of nitrogens with zero attached hydrogens (tertiary/aromatic N) is 3. The molecule has 0 aliphatic carbocycles. The van der Waals surface area contributed by atoms with Crippen molar-refractivity contribution in [2.75, 3.05) is 18.0 Å². The Morgan fingerprint density at radius 3 is 2.27 bits per heavy atom. The molecule has 0 unspecified atom stereocenters. The van der Waals surface area contributed by atoms with Gasteiger partial charge in [0, 0.05) is 47.9 Å². The van der Waals surface area contributed by atoms with Crippen molar-refractivity contribution < 1.29 is 19.0 Å². The summed E-state index contributed by atoms with van der Waals surface area (Å²) in [6.07, 6.45) is 4.61. The second-order valence-electron chi connectivity index (χ2n) is 12.9. The molecule has 1 saturated heterocycles. The number of pyridine rings is 2. The highest BCUT2D eigenvalue weighted by atomic mass is 16.6. The van der Waals surface area contributed by atoms with Crippen LogP contribution in [0.15, 0.2) is 54.9 Å². The Hall–Kier alpha value is -3.45. The molecule has 3 heterocycles. The highest BCUT2D eigenvalue weighted by Gasteiger charge is 2.37. The normalized spacial score (nSPS) is 16.0. The van der Waals surface area contributed by atoms with Crippen LogP contribution in [0, 0.1) is 12.3 Å². The molecule has 0 radical (unpaired) electrons. The minimum absolute atomic E-state index is 0.259. The summed E-state index contributed by atoms with van der Waals surface area (Å²) >= 11 is 0. The van der Waals surface area contributed by atoms with Crippen LogP contribution in [0.25, 0.3) is 11.3 Å². The van der Waals surface area contributed by atoms with Gasteiger partial charge in [-0.25, -0.2) is 4.79 Å². The second-order valence-corrected chi connectivity index (χ2v) is 12.9. The van der Waals surface area contributed by atoms with Crippen molar-refractivity contribution in [1.82, 2.24) is 9.97 Å². The van der Waals surface area contributed by atoms with E-state index in [9.17, 15) is 4.79 Å². The fraction of sp³-hybridized carbons (Fsp3) is 0.500. The standard InChI is InChI=1S/C34H45N3O4/c1-23(2)40-32(38)31(41-33(4,5)6)29-24(3)35-21-27(30(29)37-18-16-34(7,8)17-19-37)28-15-14-25(20-36-28)22-39-26-12-10-9-11-13-26/h9-15,20-21,23,31H,16-19,22H2,1-8H3/t31-/m0/s1. The zero-order valence-corrected chi connectivity index (χ0v) is 25.9. The van der Waals surface area contributed by atoms with Crippen molar-refractivity contribution in [3.8, 4) is 17.0 Å². The van der Waals surface area contributed by atoms with Crippen LogP contribution in [-0.2, 0) is 20.9 Å². The van der Waals surface area contributed by atoms with Crippen LogP contribution in [0.4, 0.5) is 5.69 Å². The number of hydrogen-bond donors (Lipinski definition) is 0. The van der Waals surface area contributed by atoms with E-state index in [0.29, 0.717) is 6.61 Å². The fourth-order valence-electron chi connectivity index (χ4n) is 5.01. The molecule has 0 N–H and O–H groups in total. The molecular formula is C34H45N3O4. The molecule has 2 aromatic heterocycles. The molecule has 220 valence electrons. The van der Waals surface area contributed by atoms with Gasteiger partial charge in [0.05, 0.1) is 23.1 Å². The first kappa shape index (κ1) is 30.5. The largest absolute Gasteiger partial charge is 0.489 e. The van der Waals surface area contributed by atoms with Gasteiger partial charge in [0.25, 0.3) is 0 Å². The summed E-state index contributed by atoms with van der Waals surface area (Å²) in [6.45, 7) is 18.3. The molecule has 7 heteroatoms. The monoisotopic (exact) mass is 559 g/mol. The number of carbonyl (C=O) groups is 1. The summed E-state index contributed by atoms with van der Waals surface area (Å²) in [5.41, 5.74) is 4.75. The van der Waals surface area contributed by atoms with Crippen molar-refractivity contribution in [3.63, 3.8) is 0 Å². The van der Waals surface area contributed by atoms with Crippen LogP contribution in [0.1, 0.15) is 84.2 Å². The Morgan fingerprint density at radius 2 is 1.68 bits per heavy atom. The lowest BCUT2D eigenvalue weighted by Gasteiger charge is -2.41. The van der Waals surface area contributed by atoms with E-state index in [2.05, 4.69) is 18.7 Å².